The highest BCUT2D eigenvalue weighted by molar-refractivity contribution is 5.70. The third kappa shape index (κ3) is 56.3. The normalized spacial score (nSPS) is 13.3. The fourth-order valence-corrected chi connectivity index (χ4v) is 8.32. The SMILES string of the molecule is CC/C=C\C/C=C\C/C=C\C/C=C\CCCCCCC(=O)OC(COC(=O)CCCCCCCCCCCCCCCCCCCCC/C=C\C/C=C\CCCCCCC)COC(OCC[N+](C)(C)C)C(=O)[O-]. The number of aliphatic carboxylic acids is 1. The summed E-state index contributed by atoms with van der Waals surface area (Å²) in [5.74, 6) is -2.31. The highest BCUT2D eigenvalue weighted by Gasteiger charge is 2.22. The minimum Gasteiger partial charge on any atom is -0.545 e. The van der Waals surface area contributed by atoms with Gasteiger partial charge in [0.25, 0.3) is 0 Å². The van der Waals surface area contributed by atoms with E-state index in [0.29, 0.717) is 17.4 Å². The maximum absolute atomic E-state index is 12.8. The van der Waals surface area contributed by atoms with Crippen molar-refractivity contribution in [3.05, 3.63) is 72.9 Å². The van der Waals surface area contributed by atoms with Gasteiger partial charge in [0.1, 0.15) is 13.2 Å². The van der Waals surface area contributed by atoms with Crippen LogP contribution < -0.4 is 5.11 Å². The van der Waals surface area contributed by atoms with E-state index in [1.807, 2.05) is 21.1 Å². The molecule has 422 valence electrons. The minimum absolute atomic E-state index is 0.141. The minimum atomic E-state index is -1.63. The summed E-state index contributed by atoms with van der Waals surface area (Å²) >= 11 is 0. The Kier molecular flexibility index (Phi) is 52.5. The van der Waals surface area contributed by atoms with Crippen molar-refractivity contribution < 1.29 is 42.9 Å². The number of hydrogen-bond donors (Lipinski definition) is 0. The summed E-state index contributed by atoms with van der Waals surface area (Å²) in [6, 6.07) is 0. The molecule has 0 spiro atoms. The van der Waals surface area contributed by atoms with E-state index < -0.39 is 24.3 Å². The number of esters is 2. The fraction of sp³-hybridized carbons (Fsp3) is 0.766. The number of ether oxygens (including phenoxy) is 4. The molecule has 0 saturated carbocycles. The van der Waals surface area contributed by atoms with Gasteiger partial charge < -0.3 is 33.3 Å². The molecule has 2 atom stereocenters. The number of carboxylic acids is 1. The van der Waals surface area contributed by atoms with Crippen LogP contribution in [0.1, 0.15) is 258 Å². The Morgan fingerprint density at radius 3 is 1.16 bits per heavy atom. The van der Waals surface area contributed by atoms with E-state index in [4.69, 9.17) is 18.9 Å². The van der Waals surface area contributed by atoms with Crippen LogP contribution in [-0.2, 0) is 33.3 Å². The zero-order chi connectivity index (χ0) is 53.4. The number of quaternary nitrogens is 1. The number of carbonyl (C=O) groups excluding carboxylic acids is 3. The van der Waals surface area contributed by atoms with E-state index in [-0.39, 0.29) is 38.6 Å². The first-order valence-electron chi connectivity index (χ1n) is 30.1. The van der Waals surface area contributed by atoms with Gasteiger partial charge in [-0.25, -0.2) is 0 Å². The molecule has 0 fully saturated rings. The van der Waals surface area contributed by atoms with Crippen molar-refractivity contribution in [3.8, 4) is 0 Å². The van der Waals surface area contributed by atoms with Crippen LogP contribution in [0.3, 0.4) is 0 Å². The van der Waals surface area contributed by atoms with E-state index in [9.17, 15) is 19.5 Å². The van der Waals surface area contributed by atoms with Crippen LogP contribution in [0.4, 0.5) is 0 Å². The highest BCUT2D eigenvalue weighted by Crippen LogP contribution is 2.16. The lowest BCUT2D eigenvalue weighted by Gasteiger charge is -2.26. The molecule has 2 unspecified atom stereocenters. The van der Waals surface area contributed by atoms with Crippen molar-refractivity contribution in [1.82, 2.24) is 0 Å². The van der Waals surface area contributed by atoms with E-state index in [0.717, 1.165) is 77.0 Å². The molecule has 9 nitrogen and oxygen atoms in total. The van der Waals surface area contributed by atoms with Crippen LogP contribution in [0.5, 0.6) is 0 Å². The number of carbonyl (C=O) groups is 3. The van der Waals surface area contributed by atoms with Crippen LogP contribution in [0.15, 0.2) is 72.9 Å². The number of allylic oxidation sites excluding steroid dienone is 12. The molecule has 0 aromatic heterocycles. The molecular formula is C64H113NO8. The standard InChI is InChI=1S/C64H113NO8/c1-6-8-10-12-14-16-18-20-22-24-25-26-27-28-29-30-31-32-33-34-35-36-37-39-40-42-44-46-48-50-52-54-61(66)71-58-60(59-72-64(63(68)69)70-57-56-65(3,4)5)73-62(67)55-53-51-49-47-45-43-41-38-23-21-19-17-15-13-11-9-7-2/h9,11,15,17-18,20-21,23-25,41,43,60,64H,6-8,10,12-14,16,19,22,26-40,42,44-59H2,1-5H3/b11-9-,17-15-,20-18-,23-21-,25-24-,43-41-. The Hall–Kier alpha value is -3.27. The van der Waals surface area contributed by atoms with Gasteiger partial charge in [0.2, 0.25) is 0 Å². The van der Waals surface area contributed by atoms with Gasteiger partial charge in [-0.3, -0.25) is 9.59 Å². The molecule has 0 aliphatic rings. The molecular weight excluding hydrogens is 911 g/mol. The van der Waals surface area contributed by atoms with Crippen molar-refractivity contribution in [2.24, 2.45) is 0 Å². The lowest BCUT2D eigenvalue weighted by atomic mass is 10.0. The molecule has 0 aromatic rings. The Morgan fingerprint density at radius 1 is 0.425 bits per heavy atom. The van der Waals surface area contributed by atoms with Gasteiger partial charge in [-0.1, -0.05) is 234 Å². The van der Waals surface area contributed by atoms with Crippen LogP contribution in [0.25, 0.3) is 0 Å². The second kappa shape index (κ2) is 55.0. The second-order valence-corrected chi connectivity index (χ2v) is 21.3. The zero-order valence-electron chi connectivity index (χ0n) is 48.0. The molecule has 0 N–H and O–H groups in total. The van der Waals surface area contributed by atoms with E-state index in [1.165, 1.54) is 148 Å². The first-order chi connectivity index (χ1) is 35.6. The average molecular weight is 1020 g/mol. The molecule has 0 aliphatic carbocycles. The van der Waals surface area contributed by atoms with Crippen molar-refractivity contribution in [1.29, 1.82) is 0 Å². The smallest absolute Gasteiger partial charge is 0.306 e. The molecule has 0 radical (unpaired) electrons. The van der Waals surface area contributed by atoms with E-state index in [2.05, 4.69) is 86.8 Å². The fourth-order valence-electron chi connectivity index (χ4n) is 8.32. The van der Waals surface area contributed by atoms with Crippen molar-refractivity contribution in [2.75, 3.05) is 47.5 Å². The number of unbranched alkanes of at least 4 members (excludes halogenated alkanes) is 28. The van der Waals surface area contributed by atoms with Gasteiger partial charge >= 0.3 is 11.9 Å². The maximum Gasteiger partial charge on any atom is 0.306 e. The topological polar surface area (TPSA) is 111 Å². The Morgan fingerprint density at radius 2 is 0.781 bits per heavy atom. The third-order valence-electron chi connectivity index (χ3n) is 12.9. The third-order valence-corrected chi connectivity index (χ3v) is 12.9. The van der Waals surface area contributed by atoms with Gasteiger partial charge in [0, 0.05) is 12.8 Å². The molecule has 0 aliphatic heterocycles. The first kappa shape index (κ1) is 69.7. The summed E-state index contributed by atoms with van der Waals surface area (Å²) < 4.78 is 22.7. The number of carboxylic acid groups (broad SMARTS) is 1. The molecule has 0 heterocycles. The maximum atomic E-state index is 12.8. The Labute approximate surface area is 449 Å². The monoisotopic (exact) mass is 1020 g/mol. The van der Waals surface area contributed by atoms with Crippen LogP contribution >= 0.6 is 0 Å². The zero-order valence-corrected chi connectivity index (χ0v) is 48.0. The molecule has 0 aromatic carbocycles. The second-order valence-electron chi connectivity index (χ2n) is 21.3. The number of likely N-dealkylation sites (N-methyl/N-ethyl adjacent to an activating group) is 1. The molecule has 0 amide bonds. The predicted molar refractivity (Wildman–Crippen MR) is 306 cm³/mol. The summed E-state index contributed by atoms with van der Waals surface area (Å²) in [6.45, 7) is 4.61. The predicted octanol–water partition coefficient (Wildman–Crippen LogP) is 16.5. The van der Waals surface area contributed by atoms with Gasteiger partial charge in [-0.05, 0) is 83.5 Å². The van der Waals surface area contributed by atoms with Crippen molar-refractivity contribution in [2.45, 2.75) is 270 Å². The van der Waals surface area contributed by atoms with Crippen molar-refractivity contribution >= 4 is 17.9 Å². The average Bonchev–Trinajstić information content (AvgIpc) is 3.36. The Balaban J connectivity index is 4.14. The summed E-state index contributed by atoms with van der Waals surface area (Å²) in [5, 5.41) is 11.8. The molecule has 0 bridgehead atoms. The molecule has 0 rings (SSSR count). The van der Waals surface area contributed by atoms with Crippen LogP contribution in [0.2, 0.25) is 0 Å². The number of rotatable bonds is 55. The summed E-state index contributed by atoms with van der Waals surface area (Å²) in [7, 11) is 5.91. The van der Waals surface area contributed by atoms with Gasteiger partial charge in [0.15, 0.2) is 12.4 Å². The Bertz CT molecular complexity index is 1420. The molecule has 9 heteroatoms. The first-order valence-corrected chi connectivity index (χ1v) is 30.1. The molecule has 0 saturated heterocycles. The van der Waals surface area contributed by atoms with Gasteiger partial charge in [0.05, 0.1) is 40.3 Å². The number of nitrogens with zero attached hydrogens (tertiary/aromatic N) is 1. The largest absolute Gasteiger partial charge is 0.545 e. The van der Waals surface area contributed by atoms with Gasteiger partial charge in [-0.2, -0.15) is 0 Å². The summed E-state index contributed by atoms with van der Waals surface area (Å²) in [6.07, 6.45) is 68.3. The summed E-state index contributed by atoms with van der Waals surface area (Å²) in [5.41, 5.74) is 0. The van der Waals surface area contributed by atoms with E-state index >= 15 is 0 Å². The van der Waals surface area contributed by atoms with Crippen LogP contribution in [0, 0.1) is 0 Å². The highest BCUT2D eigenvalue weighted by atomic mass is 16.7. The van der Waals surface area contributed by atoms with Crippen molar-refractivity contribution in [3.63, 3.8) is 0 Å². The van der Waals surface area contributed by atoms with Crippen LogP contribution in [-0.4, -0.2) is 82.3 Å². The lowest BCUT2D eigenvalue weighted by Crippen LogP contribution is -2.44. The number of hydrogen-bond acceptors (Lipinski definition) is 8. The lowest BCUT2D eigenvalue weighted by molar-refractivity contribution is -0.870. The van der Waals surface area contributed by atoms with E-state index in [1.54, 1.807) is 0 Å². The summed E-state index contributed by atoms with van der Waals surface area (Å²) in [4.78, 5) is 37.3. The van der Waals surface area contributed by atoms with Gasteiger partial charge in [-0.15, -0.1) is 0 Å². The molecule has 73 heavy (non-hydrogen) atoms. The quantitative estimate of drug-likeness (QED) is 0.0195.